The van der Waals surface area contributed by atoms with E-state index >= 15 is 0 Å². The van der Waals surface area contributed by atoms with Crippen LogP contribution in [0.4, 0.5) is 0 Å². The van der Waals surface area contributed by atoms with Crippen molar-refractivity contribution >= 4 is 29.6 Å². The van der Waals surface area contributed by atoms with Crippen LogP contribution in [0.15, 0.2) is 12.2 Å². The van der Waals surface area contributed by atoms with E-state index in [-0.39, 0.29) is 12.8 Å². The summed E-state index contributed by atoms with van der Waals surface area (Å²) in [6.45, 7) is 1.52. The van der Waals surface area contributed by atoms with Gasteiger partial charge < -0.3 is 4.74 Å². The van der Waals surface area contributed by atoms with E-state index in [4.69, 9.17) is 4.74 Å². The Bertz CT molecular complexity index is 520. The van der Waals surface area contributed by atoms with Crippen LogP contribution in [-0.2, 0) is 28.7 Å². The first-order chi connectivity index (χ1) is 9.38. The molecule has 1 fully saturated rings. The van der Waals surface area contributed by atoms with Crippen LogP contribution in [0.1, 0.15) is 19.8 Å². The molecule has 0 radical (unpaired) electrons. The summed E-state index contributed by atoms with van der Waals surface area (Å²) in [5.74, 6) is -2.91. The van der Waals surface area contributed by atoms with E-state index in [0.29, 0.717) is 0 Å². The molecule has 106 valence electrons. The molecule has 2 rings (SSSR count). The predicted octanol–water partition coefficient (Wildman–Crippen LogP) is -1.35. The third kappa shape index (κ3) is 2.73. The second-order valence-electron chi connectivity index (χ2n) is 4.53. The molecule has 2 aliphatic heterocycles. The number of rotatable bonds is 4. The van der Waals surface area contributed by atoms with Gasteiger partial charge in [-0.3, -0.25) is 34.2 Å². The highest BCUT2D eigenvalue weighted by atomic mass is 16.5. The predicted molar refractivity (Wildman–Crippen MR) is 62.7 cm³/mol. The van der Waals surface area contributed by atoms with Gasteiger partial charge >= 0.3 is 5.97 Å². The number of esters is 1. The summed E-state index contributed by atoms with van der Waals surface area (Å²) in [5.41, 5.74) is 0. The molecule has 8 nitrogen and oxygen atoms in total. The summed E-state index contributed by atoms with van der Waals surface area (Å²) < 4.78 is 4.85. The number of amides is 4. The van der Waals surface area contributed by atoms with Crippen LogP contribution in [-0.4, -0.2) is 46.6 Å². The second-order valence-corrected chi connectivity index (χ2v) is 4.53. The van der Waals surface area contributed by atoms with E-state index in [2.05, 4.69) is 0 Å². The van der Waals surface area contributed by atoms with Gasteiger partial charge in [-0.2, -0.15) is 0 Å². The topological polar surface area (TPSA) is 110 Å². The van der Waals surface area contributed by atoms with Gasteiger partial charge in [-0.15, -0.1) is 0 Å². The molecule has 2 aliphatic rings. The van der Waals surface area contributed by atoms with Crippen LogP contribution in [0, 0.1) is 0 Å². The Kier molecular flexibility index (Phi) is 3.64. The molecule has 1 N–H and O–H groups in total. The highest BCUT2D eigenvalue weighted by Crippen LogP contribution is 2.14. The van der Waals surface area contributed by atoms with E-state index in [9.17, 15) is 24.0 Å². The first-order valence-electron chi connectivity index (χ1n) is 5.97. The minimum atomic E-state index is -1.13. The molecular weight excluding hydrogens is 268 g/mol. The molecule has 0 aromatic rings. The maximum atomic E-state index is 11.6. The van der Waals surface area contributed by atoms with Gasteiger partial charge in [0.15, 0.2) is 6.10 Å². The first-order valence-corrected chi connectivity index (χ1v) is 5.97. The molecule has 2 unspecified atom stereocenters. The standard InChI is InChI=1S/C12H12N2O6/c1-6(14-9(16)2-3-10(14)17)4-11(18)20-7-5-8(15)13-12(7)19/h2-3,6-7H,4-5H2,1H3,(H,13,15,19). The fraction of sp³-hybridized carbons (Fsp3) is 0.417. The summed E-state index contributed by atoms with van der Waals surface area (Å²) in [6.07, 6.45) is 0.657. The Labute approximate surface area is 113 Å². The van der Waals surface area contributed by atoms with E-state index in [1.807, 2.05) is 5.32 Å². The normalized spacial score (nSPS) is 23.2. The van der Waals surface area contributed by atoms with E-state index in [1.54, 1.807) is 0 Å². The Hall–Kier alpha value is -2.51. The van der Waals surface area contributed by atoms with Crippen molar-refractivity contribution in [3.8, 4) is 0 Å². The number of ether oxygens (including phenoxy) is 1. The van der Waals surface area contributed by atoms with Crippen molar-refractivity contribution in [2.45, 2.75) is 31.9 Å². The minimum Gasteiger partial charge on any atom is -0.452 e. The second kappa shape index (κ2) is 5.24. The van der Waals surface area contributed by atoms with Crippen LogP contribution < -0.4 is 5.32 Å². The molecule has 2 atom stereocenters. The van der Waals surface area contributed by atoms with Crippen molar-refractivity contribution in [2.75, 3.05) is 0 Å². The summed E-state index contributed by atoms with van der Waals surface area (Å²) in [7, 11) is 0. The van der Waals surface area contributed by atoms with Gasteiger partial charge in [-0.25, -0.2) is 0 Å². The third-order valence-electron chi connectivity index (χ3n) is 2.95. The van der Waals surface area contributed by atoms with Gasteiger partial charge in [-0.1, -0.05) is 0 Å². The van der Waals surface area contributed by atoms with Crippen molar-refractivity contribution in [1.29, 1.82) is 0 Å². The van der Waals surface area contributed by atoms with E-state index in [1.165, 1.54) is 6.92 Å². The quantitative estimate of drug-likeness (QED) is 0.503. The van der Waals surface area contributed by atoms with Gasteiger partial charge in [0.2, 0.25) is 5.91 Å². The van der Waals surface area contributed by atoms with E-state index < -0.39 is 41.7 Å². The van der Waals surface area contributed by atoms with Crippen molar-refractivity contribution in [3.05, 3.63) is 12.2 Å². The Morgan fingerprint density at radius 3 is 2.45 bits per heavy atom. The smallest absolute Gasteiger partial charge is 0.308 e. The van der Waals surface area contributed by atoms with Crippen molar-refractivity contribution in [1.82, 2.24) is 10.2 Å². The number of carbonyl (C=O) groups excluding carboxylic acids is 5. The summed E-state index contributed by atoms with van der Waals surface area (Å²) in [5, 5.41) is 2.01. The van der Waals surface area contributed by atoms with Gasteiger partial charge in [-0.05, 0) is 6.92 Å². The molecule has 2 heterocycles. The molecule has 1 saturated heterocycles. The molecule has 20 heavy (non-hydrogen) atoms. The first kappa shape index (κ1) is 13.9. The zero-order chi connectivity index (χ0) is 14.9. The highest BCUT2D eigenvalue weighted by molar-refractivity contribution is 6.13. The van der Waals surface area contributed by atoms with Crippen LogP contribution in [0.3, 0.4) is 0 Å². The zero-order valence-corrected chi connectivity index (χ0v) is 10.6. The van der Waals surface area contributed by atoms with Gasteiger partial charge in [0.25, 0.3) is 17.7 Å². The lowest BCUT2D eigenvalue weighted by molar-refractivity contribution is -0.155. The zero-order valence-electron chi connectivity index (χ0n) is 10.6. The molecule has 0 saturated carbocycles. The summed E-state index contributed by atoms with van der Waals surface area (Å²) >= 11 is 0. The molecule has 0 spiro atoms. The highest BCUT2D eigenvalue weighted by Gasteiger charge is 2.35. The lowest BCUT2D eigenvalue weighted by atomic mass is 10.2. The van der Waals surface area contributed by atoms with Crippen LogP contribution in [0.2, 0.25) is 0 Å². The lowest BCUT2D eigenvalue weighted by Gasteiger charge is -2.21. The SMILES string of the molecule is CC(CC(=O)OC1CC(=O)NC1=O)N1C(=O)C=CC1=O. The minimum absolute atomic E-state index is 0.206. The number of hydrogen-bond donors (Lipinski definition) is 1. The summed E-state index contributed by atoms with van der Waals surface area (Å²) in [6, 6.07) is -0.683. The monoisotopic (exact) mass is 280 g/mol. The molecule has 0 bridgehead atoms. The van der Waals surface area contributed by atoms with Crippen molar-refractivity contribution < 1.29 is 28.7 Å². The number of imide groups is 2. The lowest BCUT2D eigenvalue weighted by Crippen LogP contribution is -2.40. The van der Waals surface area contributed by atoms with Crippen LogP contribution >= 0.6 is 0 Å². The molecule has 8 heteroatoms. The fourth-order valence-electron chi connectivity index (χ4n) is 2.01. The van der Waals surface area contributed by atoms with Crippen molar-refractivity contribution in [3.63, 3.8) is 0 Å². The maximum Gasteiger partial charge on any atom is 0.308 e. The molecule has 4 amide bonds. The number of nitrogens with one attached hydrogen (secondary N) is 1. The average molecular weight is 280 g/mol. The van der Waals surface area contributed by atoms with Gasteiger partial charge in [0.1, 0.15) is 0 Å². The molecule has 0 aromatic carbocycles. The fourth-order valence-corrected chi connectivity index (χ4v) is 2.01. The number of nitrogens with zero attached hydrogens (tertiary/aromatic N) is 1. The Morgan fingerprint density at radius 2 is 1.95 bits per heavy atom. The number of carbonyl (C=O) groups is 5. The van der Waals surface area contributed by atoms with Crippen LogP contribution in [0.5, 0.6) is 0 Å². The van der Waals surface area contributed by atoms with E-state index in [0.717, 1.165) is 17.1 Å². The Morgan fingerprint density at radius 1 is 1.35 bits per heavy atom. The largest absolute Gasteiger partial charge is 0.452 e. The number of hydrogen-bond acceptors (Lipinski definition) is 6. The maximum absolute atomic E-state index is 11.6. The van der Waals surface area contributed by atoms with Crippen LogP contribution in [0.25, 0.3) is 0 Å². The van der Waals surface area contributed by atoms with Gasteiger partial charge in [0, 0.05) is 18.2 Å². The third-order valence-corrected chi connectivity index (χ3v) is 2.95. The molecule has 0 aromatic heterocycles. The summed E-state index contributed by atoms with van der Waals surface area (Å²) in [4.78, 5) is 57.6. The van der Waals surface area contributed by atoms with Crippen molar-refractivity contribution in [2.24, 2.45) is 0 Å². The molecular formula is C12H12N2O6. The average Bonchev–Trinajstić information content (AvgIpc) is 2.82. The Balaban J connectivity index is 1.88. The molecule has 0 aliphatic carbocycles. The van der Waals surface area contributed by atoms with Gasteiger partial charge in [0.05, 0.1) is 12.8 Å².